The minimum atomic E-state index is -3.56. The fraction of sp³-hybridized carbons (Fsp3) is 0.385. The van der Waals surface area contributed by atoms with Crippen molar-refractivity contribution in [3.8, 4) is 0 Å². The number of benzene rings is 1. The molecule has 0 heterocycles. The molecule has 8 heteroatoms. The summed E-state index contributed by atoms with van der Waals surface area (Å²) in [7, 11) is -2.37. The van der Waals surface area contributed by atoms with E-state index in [1.54, 1.807) is 13.8 Å². The van der Waals surface area contributed by atoms with Crippen LogP contribution in [0.2, 0.25) is 0 Å². The van der Waals surface area contributed by atoms with E-state index in [1.165, 1.54) is 31.4 Å². The van der Waals surface area contributed by atoms with Crippen LogP contribution in [0.5, 0.6) is 0 Å². The second kappa shape index (κ2) is 7.19. The minimum Gasteiger partial charge on any atom is -0.469 e. The van der Waals surface area contributed by atoms with Gasteiger partial charge in [0.1, 0.15) is 6.42 Å². The molecular formula is C13H18N2O5S. The molecule has 0 atom stereocenters. The second-order valence-electron chi connectivity index (χ2n) is 4.60. The van der Waals surface area contributed by atoms with Crippen LogP contribution in [0.15, 0.2) is 29.2 Å². The molecule has 0 aliphatic carbocycles. The normalized spacial score (nSPS) is 11.2. The van der Waals surface area contributed by atoms with Gasteiger partial charge in [0.25, 0.3) is 0 Å². The van der Waals surface area contributed by atoms with E-state index in [9.17, 15) is 18.0 Å². The minimum absolute atomic E-state index is 0.0992. The zero-order valence-electron chi connectivity index (χ0n) is 12.0. The topological polar surface area (TPSA) is 102 Å². The number of hydrogen-bond donors (Lipinski definition) is 2. The predicted molar refractivity (Wildman–Crippen MR) is 77.2 cm³/mol. The molecule has 1 aromatic carbocycles. The molecule has 0 aliphatic heterocycles. The molecule has 116 valence electrons. The van der Waals surface area contributed by atoms with Crippen molar-refractivity contribution in [2.75, 3.05) is 12.4 Å². The van der Waals surface area contributed by atoms with Gasteiger partial charge in [0.05, 0.1) is 12.0 Å². The monoisotopic (exact) mass is 314 g/mol. The summed E-state index contributed by atoms with van der Waals surface area (Å²) >= 11 is 0. The van der Waals surface area contributed by atoms with Crippen molar-refractivity contribution < 1.29 is 22.7 Å². The zero-order chi connectivity index (χ0) is 16.0. The van der Waals surface area contributed by atoms with Crippen molar-refractivity contribution in [2.45, 2.75) is 31.2 Å². The van der Waals surface area contributed by atoms with Crippen LogP contribution < -0.4 is 10.0 Å². The molecule has 1 amide bonds. The van der Waals surface area contributed by atoms with E-state index < -0.39 is 28.3 Å². The Morgan fingerprint density at radius 3 is 2.24 bits per heavy atom. The Hall–Kier alpha value is -1.93. The van der Waals surface area contributed by atoms with Crippen molar-refractivity contribution in [3.05, 3.63) is 24.3 Å². The lowest BCUT2D eigenvalue weighted by molar-refractivity contribution is -0.142. The van der Waals surface area contributed by atoms with Crippen molar-refractivity contribution in [1.29, 1.82) is 0 Å². The van der Waals surface area contributed by atoms with Gasteiger partial charge in [-0.3, -0.25) is 9.59 Å². The maximum atomic E-state index is 11.9. The van der Waals surface area contributed by atoms with E-state index in [1.807, 2.05) is 0 Å². The van der Waals surface area contributed by atoms with Crippen molar-refractivity contribution in [3.63, 3.8) is 0 Å². The molecule has 21 heavy (non-hydrogen) atoms. The number of amides is 1. The molecule has 1 rings (SSSR count). The summed E-state index contributed by atoms with van der Waals surface area (Å²) < 4.78 is 30.6. The molecule has 2 N–H and O–H groups in total. The standard InChI is InChI=1S/C13H18N2O5S/c1-9(2)15-21(18,19)11-6-4-10(5-7-11)14-12(16)8-13(17)20-3/h4-7,9,15H,8H2,1-3H3,(H,14,16). The predicted octanol–water partition coefficient (Wildman–Crippen LogP) is 0.875. The summed E-state index contributed by atoms with van der Waals surface area (Å²) in [6.45, 7) is 3.44. The number of ether oxygens (including phenoxy) is 1. The third-order valence-electron chi connectivity index (χ3n) is 2.37. The van der Waals surface area contributed by atoms with Gasteiger partial charge in [-0.1, -0.05) is 0 Å². The molecule has 0 saturated carbocycles. The zero-order valence-corrected chi connectivity index (χ0v) is 12.9. The van der Waals surface area contributed by atoms with Crippen LogP contribution in [0, 0.1) is 0 Å². The van der Waals surface area contributed by atoms with Gasteiger partial charge in [-0.25, -0.2) is 13.1 Å². The summed E-state index contributed by atoms with van der Waals surface area (Å²) in [5.41, 5.74) is 0.396. The van der Waals surface area contributed by atoms with Crippen LogP contribution in [0.3, 0.4) is 0 Å². The van der Waals surface area contributed by atoms with Gasteiger partial charge in [0, 0.05) is 11.7 Å². The lowest BCUT2D eigenvalue weighted by Crippen LogP contribution is -2.30. The highest BCUT2D eigenvalue weighted by Crippen LogP contribution is 2.14. The number of carbonyl (C=O) groups excluding carboxylic acids is 2. The molecule has 0 unspecified atom stereocenters. The molecule has 1 aromatic rings. The third-order valence-corrected chi connectivity index (χ3v) is 4.05. The first kappa shape index (κ1) is 17.1. The van der Waals surface area contributed by atoms with E-state index in [0.29, 0.717) is 5.69 Å². The fourth-order valence-corrected chi connectivity index (χ4v) is 2.76. The van der Waals surface area contributed by atoms with E-state index in [2.05, 4.69) is 14.8 Å². The Kier molecular flexibility index (Phi) is 5.86. The van der Waals surface area contributed by atoms with Gasteiger partial charge in [-0.2, -0.15) is 0 Å². The van der Waals surface area contributed by atoms with Crippen LogP contribution >= 0.6 is 0 Å². The molecule has 0 fully saturated rings. The average molecular weight is 314 g/mol. The highest BCUT2D eigenvalue weighted by molar-refractivity contribution is 7.89. The van der Waals surface area contributed by atoms with E-state index in [4.69, 9.17) is 0 Å². The first-order chi connectivity index (χ1) is 9.74. The van der Waals surface area contributed by atoms with Crippen LogP contribution in [0.4, 0.5) is 5.69 Å². The Bertz CT molecular complexity index is 608. The van der Waals surface area contributed by atoms with E-state index in [-0.39, 0.29) is 10.9 Å². The SMILES string of the molecule is COC(=O)CC(=O)Nc1ccc(S(=O)(=O)NC(C)C)cc1. The number of carbonyl (C=O) groups is 2. The summed E-state index contributed by atoms with van der Waals surface area (Å²) in [4.78, 5) is 22.5. The summed E-state index contributed by atoms with van der Waals surface area (Å²) in [6, 6.07) is 5.43. The number of hydrogen-bond acceptors (Lipinski definition) is 5. The van der Waals surface area contributed by atoms with Crippen molar-refractivity contribution >= 4 is 27.6 Å². The summed E-state index contributed by atoms with van der Waals surface area (Å²) in [6.07, 6.45) is -0.397. The van der Waals surface area contributed by atoms with Gasteiger partial charge < -0.3 is 10.1 Å². The number of esters is 1. The van der Waals surface area contributed by atoms with Crippen molar-refractivity contribution in [2.24, 2.45) is 0 Å². The van der Waals surface area contributed by atoms with Crippen LogP contribution in [-0.4, -0.2) is 33.4 Å². The van der Waals surface area contributed by atoms with Gasteiger partial charge in [-0.05, 0) is 38.1 Å². The lowest BCUT2D eigenvalue weighted by Gasteiger charge is -2.10. The second-order valence-corrected chi connectivity index (χ2v) is 6.32. The van der Waals surface area contributed by atoms with Crippen LogP contribution in [-0.2, 0) is 24.3 Å². The molecule has 0 spiro atoms. The van der Waals surface area contributed by atoms with Crippen LogP contribution in [0.25, 0.3) is 0 Å². The highest BCUT2D eigenvalue weighted by atomic mass is 32.2. The number of methoxy groups -OCH3 is 1. The molecule has 0 bridgehead atoms. The lowest BCUT2D eigenvalue weighted by atomic mass is 10.3. The first-order valence-corrected chi connectivity index (χ1v) is 7.72. The van der Waals surface area contributed by atoms with E-state index >= 15 is 0 Å². The maximum absolute atomic E-state index is 11.9. The van der Waals surface area contributed by atoms with Crippen molar-refractivity contribution in [1.82, 2.24) is 4.72 Å². The third kappa shape index (κ3) is 5.52. The Balaban J connectivity index is 2.75. The fourth-order valence-electron chi connectivity index (χ4n) is 1.50. The number of nitrogens with one attached hydrogen (secondary N) is 2. The van der Waals surface area contributed by atoms with Crippen LogP contribution in [0.1, 0.15) is 20.3 Å². The van der Waals surface area contributed by atoms with Gasteiger partial charge in [0.15, 0.2) is 0 Å². The molecule has 7 nitrogen and oxygen atoms in total. The Morgan fingerprint density at radius 1 is 1.19 bits per heavy atom. The number of anilines is 1. The molecular weight excluding hydrogens is 296 g/mol. The first-order valence-electron chi connectivity index (χ1n) is 6.23. The van der Waals surface area contributed by atoms with Gasteiger partial charge in [-0.15, -0.1) is 0 Å². The largest absolute Gasteiger partial charge is 0.469 e. The average Bonchev–Trinajstić information content (AvgIpc) is 2.37. The van der Waals surface area contributed by atoms with E-state index in [0.717, 1.165) is 0 Å². The summed E-state index contributed by atoms with van der Waals surface area (Å²) in [5.74, 6) is -1.18. The Labute approximate surface area is 123 Å². The Morgan fingerprint density at radius 2 is 1.76 bits per heavy atom. The maximum Gasteiger partial charge on any atom is 0.315 e. The quantitative estimate of drug-likeness (QED) is 0.599. The number of sulfonamides is 1. The summed E-state index contributed by atoms with van der Waals surface area (Å²) in [5, 5.41) is 2.47. The smallest absolute Gasteiger partial charge is 0.315 e. The van der Waals surface area contributed by atoms with Gasteiger partial charge in [0.2, 0.25) is 15.9 Å². The number of rotatable bonds is 6. The molecule has 0 aliphatic rings. The van der Waals surface area contributed by atoms with Gasteiger partial charge >= 0.3 is 5.97 Å². The molecule has 0 aromatic heterocycles. The molecule has 0 radical (unpaired) electrons. The highest BCUT2D eigenvalue weighted by Gasteiger charge is 2.15. The molecule has 0 saturated heterocycles.